The zero-order valence-corrected chi connectivity index (χ0v) is 17.0. The molecule has 1 amide bonds. The highest BCUT2D eigenvalue weighted by Crippen LogP contribution is 2.31. The standard InChI is InChI=1S/C19H28N2O5S/c1-15(2)16-4-6-17(7-5-16)21(27(3,23)24)14-18(22)20-10-8-19(9-11-20)25-12-13-26-19/h4-7,15H,8-14H2,1-3H3. The first-order valence-corrected chi connectivity index (χ1v) is 11.2. The molecule has 2 aliphatic heterocycles. The summed E-state index contributed by atoms with van der Waals surface area (Å²) in [5, 5.41) is 0. The second kappa shape index (κ2) is 7.77. The van der Waals surface area contributed by atoms with Crippen molar-refractivity contribution in [1.29, 1.82) is 0 Å². The van der Waals surface area contributed by atoms with E-state index >= 15 is 0 Å². The molecular formula is C19H28N2O5S. The number of nitrogens with zero attached hydrogens (tertiary/aromatic N) is 2. The topological polar surface area (TPSA) is 76.2 Å². The lowest BCUT2D eigenvalue weighted by Gasteiger charge is -2.38. The maximum absolute atomic E-state index is 12.7. The van der Waals surface area contributed by atoms with Gasteiger partial charge >= 0.3 is 0 Å². The number of rotatable bonds is 5. The van der Waals surface area contributed by atoms with Crippen LogP contribution in [0.15, 0.2) is 24.3 Å². The molecule has 8 heteroatoms. The second-order valence-electron chi connectivity index (χ2n) is 7.50. The smallest absolute Gasteiger partial charge is 0.243 e. The lowest BCUT2D eigenvalue weighted by Crippen LogP contribution is -2.50. The average Bonchev–Trinajstić information content (AvgIpc) is 3.07. The zero-order valence-electron chi connectivity index (χ0n) is 16.2. The van der Waals surface area contributed by atoms with Crippen LogP contribution < -0.4 is 4.31 Å². The Hall–Kier alpha value is -1.64. The van der Waals surface area contributed by atoms with Crippen LogP contribution in [-0.2, 0) is 24.3 Å². The predicted octanol–water partition coefficient (Wildman–Crippen LogP) is 1.94. The number of likely N-dealkylation sites (tertiary alicyclic amines) is 1. The largest absolute Gasteiger partial charge is 0.347 e. The number of anilines is 1. The highest BCUT2D eigenvalue weighted by molar-refractivity contribution is 7.92. The Balaban J connectivity index is 1.69. The van der Waals surface area contributed by atoms with Gasteiger partial charge in [-0.15, -0.1) is 0 Å². The van der Waals surface area contributed by atoms with Gasteiger partial charge in [0.1, 0.15) is 6.54 Å². The number of benzene rings is 1. The van der Waals surface area contributed by atoms with Crippen LogP contribution in [-0.4, -0.2) is 64.1 Å². The third kappa shape index (κ3) is 4.62. The van der Waals surface area contributed by atoms with E-state index in [1.165, 1.54) is 4.31 Å². The molecule has 2 saturated heterocycles. The van der Waals surface area contributed by atoms with Crippen LogP contribution in [0.3, 0.4) is 0 Å². The van der Waals surface area contributed by atoms with Gasteiger partial charge in [0.2, 0.25) is 15.9 Å². The van der Waals surface area contributed by atoms with Gasteiger partial charge in [-0.25, -0.2) is 8.42 Å². The molecule has 0 aromatic heterocycles. The van der Waals surface area contributed by atoms with Crippen LogP contribution in [0.2, 0.25) is 0 Å². The zero-order chi connectivity index (χ0) is 19.7. The number of carbonyl (C=O) groups excluding carboxylic acids is 1. The molecule has 0 unspecified atom stereocenters. The lowest BCUT2D eigenvalue weighted by molar-refractivity contribution is -0.187. The summed E-state index contributed by atoms with van der Waals surface area (Å²) >= 11 is 0. The molecule has 7 nitrogen and oxygen atoms in total. The van der Waals surface area contributed by atoms with Gasteiger partial charge in [0, 0.05) is 25.9 Å². The second-order valence-corrected chi connectivity index (χ2v) is 9.41. The molecule has 0 atom stereocenters. The Morgan fingerprint density at radius 3 is 2.19 bits per heavy atom. The highest BCUT2D eigenvalue weighted by atomic mass is 32.2. The fourth-order valence-electron chi connectivity index (χ4n) is 3.53. The van der Waals surface area contributed by atoms with E-state index in [9.17, 15) is 13.2 Å². The van der Waals surface area contributed by atoms with Gasteiger partial charge in [0.25, 0.3) is 0 Å². The molecule has 3 rings (SSSR count). The van der Waals surface area contributed by atoms with Gasteiger partial charge in [-0.05, 0) is 23.6 Å². The molecule has 150 valence electrons. The van der Waals surface area contributed by atoms with E-state index in [2.05, 4.69) is 13.8 Å². The van der Waals surface area contributed by atoms with Crippen LogP contribution >= 0.6 is 0 Å². The molecular weight excluding hydrogens is 368 g/mol. The average molecular weight is 397 g/mol. The van der Waals surface area contributed by atoms with Gasteiger partial charge in [-0.2, -0.15) is 0 Å². The fourth-order valence-corrected chi connectivity index (χ4v) is 4.38. The molecule has 1 aromatic rings. The Bertz CT molecular complexity index is 760. The van der Waals surface area contributed by atoms with Gasteiger partial charge in [0.15, 0.2) is 5.79 Å². The molecule has 1 aromatic carbocycles. The van der Waals surface area contributed by atoms with E-state index in [4.69, 9.17) is 9.47 Å². The number of ether oxygens (including phenoxy) is 2. The molecule has 27 heavy (non-hydrogen) atoms. The van der Waals surface area contributed by atoms with Gasteiger partial charge in [0.05, 0.1) is 25.2 Å². The van der Waals surface area contributed by atoms with E-state index in [0.29, 0.717) is 50.8 Å². The summed E-state index contributed by atoms with van der Waals surface area (Å²) in [6, 6.07) is 7.33. The molecule has 0 saturated carbocycles. The normalized spacial score (nSPS) is 19.6. The number of sulfonamides is 1. The van der Waals surface area contributed by atoms with E-state index in [1.807, 2.05) is 12.1 Å². The highest BCUT2D eigenvalue weighted by Gasteiger charge is 2.41. The molecule has 1 spiro atoms. The third-order valence-electron chi connectivity index (χ3n) is 5.22. The van der Waals surface area contributed by atoms with Crippen molar-refractivity contribution in [2.75, 3.05) is 43.4 Å². The van der Waals surface area contributed by atoms with Crippen molar-refractivity contribution in [3.63, 3.8) is 0 Å². The molecule has 2 heterocycles. The van der Waals surface area contributed by atoms with Crippen LogP contribution in [0.25, 0.3) is 0 Å². The summed E-state index contributed by atoms with van der Waals surface area (Å²) < 4.78 is 37.1. The summed E-state index contributed by atoms with van der Waals surface area (Å²) in [4.78, 5) is 14.4. The summed E-state index contributed by atoms with van der Waals surface area (Å²) in [5.41, 5.74) is 1.63. The van der Waals surface area contributed by atoms with Crippen LogP contribution in [0, 0.1) is 0 Å². The van der Waals surface area contributed by atoms with Crippen molar-refractivity contribution >= 4 is 21.6 Å². The summed E-state index contributed by atoms with van der Waals surface area (Å²) in [6.07, 6.45) is 2.35. The number of piperidine rings is 1. The Labute approximate surface area is 161 Å². The van der Waals surface area contributed by atoms with Gasteiger partial charge < -0.3 is 14.4 Å². The molecule has 2 aliphatic rings. The fraction of sp³-hybridized carbons (Fsp3) is 0.632. The minimum absolute atomic E-state index is 0.200. The van der Waals surface area contributed by atoms with Crippen LogP contribution in [0.5, 0.6) is 0 Å². The summed E-state index contributed by atoms with van der Waals surface area (Å²) in [6.45, 7) is 6.13. The number of hydrogen-bond donors (Lipinski definition) is 0. The van der Waals surface area contributed by atoms with Crippen molar-refractivity contribution in [3.05, 3.63) is 29.8 Å². The number of amides is 1. The number of hydrogen-bond acceptors (Lipinski definition) is 5. The van der Waals surface area contributed by atoms with Crippen molar-refractivity contribution in [1.82, 2.24) is 4.90 Å². The molecule has 0 radical (unpaired) electrons. The maximum Gasteiger partial charge on any atom is 0.243 e. The molecule has 0 N–H and O–H groups in total. The van der Waals surface area contributed by atoms with E-state index in [1.54, 1.807) is 17.0 Å². The summed E-state index contributed by atoms with van der Waals surface area (Å²) in [7, 11) is -3.57. The Morgan fingerprint density at radius 2 is 1.70 bits per heavy atom. The third-order valence-corrected chi connectivity index (χ3v) is 6.36. The van der Waals surface area contributed by atoms with Crippen molar-refractivity contribution in [2.24, 2.45) is 0 Å². The SMILES string of the molecule is CC(C)c1ccc(N(CC(=O)N2CCC3(CC2)OCCO3)S(C)(=O)=O)cc1. The quantitative estimate of drug-likeness (QED) is 0.760. The first-order valence-electron chi connectivity index (χ1n) is 9.34. The lowest BCUT2D eigenvalue weighted by atomic mass is 10.0. The van der Waals surface area contributed by atoms with Crippen molar-refractivity contribution < 1.29 is 22.7 Å². The first kappa shape index (κ1) is 20.1. The van der Waals surface area contributed by atoms with Crippen molar-refractivity contribution in [2.45, 2.75) is 38.4 Å². The van der Waals surface area contributed by atoms with Gasteiger partial charge in [-0.3, -0.25) is 9.10 Å². The van der Waals surface area contributed by atoms with E-state index < -0.39 is 15.8 Å². The Morgan fingerprint density at radius 1 is 1.15 bits per heavy atom. The first-order chi connectivity index (χ1) is 12.7. The predicted molar refractivity (Wildman–Crippen MR) is 103 cm³/mol. The van der Waals surface area contributed by atoms with Crippen molar-refractivity contribution in [3.8, 4) is 0 Å². The Kier molecular flexibility index (Phi) is 5.79. The van der Waals surface area contributed by atoms with Crippen LogP contribution in [0.4, 0.5) is 5.69 Å². The maximum atomic E-state index is 12.7. The summed E-state index contributed by atoms with van der Waals surface area (Å²) in [5.74, 6) is -0.408. The monoisotopic (exact) mass is 396 g/mol. The molecule has 0 aliphatic carbocycles. The van der Waals surface area contributed by atoms with E-state index in [0.717, 1.165) is 11.8 Å². The number of carbonyl (C=O) groups is 1. The molecule has 2 fully saturated rings. The molecule has 0 bridgehead atoms. The minimum atomic E-state index is -3.57. The van der Waals surface area contributed by atoms with E-state index in [-0.39, 0.29) is 12.5 Å². The minimum Gasteiger partial charge on any atom is -0.347 e. The van der Waals surface area contributed by atoms with Crippen LogP contribution in [0.1, 0.15) is 38.2 Å². The van der Waals surface area contributed by atoms with Gasteiger partial charge in [-0.1, -0.05) is 26.0 Å².